The Kier molecular flexibility index (Phi) is 227. The molecule has 0 aromatic heterocycles. The average Bonchev–Trinajstić information content (AvgIpc) is 1.46. The van der Waals surface area contributed by atoms with Gasteiger partial charge in [-0.1, -0.05) is 0 Å². The van der Waals surface area contributed by atoms with Gasteiger partial charge in [0.15, 0.2) is 0 Å². The zero-order chi connectivity index (χ0) is 4.71. The van der Waals surface area contributed by atoms with Crippen LogP contribution in [0.5, 0.6) is 0 Å². The molecule has 0 rings (SSSR count). The van der Waals surface area contributed by atoms with Gasteiger partial charge in [-0.05, 0) is 14.1 Å². The van der Waals surface area contributed by atoms with Crippen LogP contribution in [-0.2, 0) is 0 Å². The second kappa shape index (κ2) is 81.6. The number of hydrogen-bond donors (Lipinski definition) is 2. The first kappa shape index (κ1) is 16.7. The fourth-order valence-electron chi connectivity index (χ4n) is 0. The summed E-state index contributed by atoms with van der Waals surface area (Å²) in [4.78, 5) is 0. The van der Waals surface area contributed by atoms with Crippen molar-refractivity contribution in [3.05, 3.63) is 0 Å². The van der Waals surface area contributed by atoms with Gasteiger partial charge in [-0.2, -0.15) is 0 Å². The molecule has 2 nitrogen and oxygen atoms in total. The zero-order valence-corrected chi connectivity index (χ0v) is 4.52. The summed E-state index contributed by atoms with van der Waals surface area (Å²) in [7, 11) is 4.75. The largest absolute Gasteiger partial charge is 0.400 e. The molecule has 0 unspecified atom stereocenters. The summed E-state index contributed by atoms with van der Waals surface area (Å²) in [6, 6.07) is 0. The van der Waals surface area contributed by atoms with E-state index >= 15 is 0 Å². The normalized spacial score (nSPS) is 4.00. The Morgan fingerprint density at radius 3 is 1.17 bits per heavy atom. The van der Waals surface area contributed by atoms with Crippen molar-refractivity contribution in [1.82, 2.24) is 5.32 Å². The van der Waals surface area contributed by atoms with E-state index in [0.29, 0.717) is 0 Å². The molecule has 0 aliphatic heterocycles. The van der Waals surface area contributed by atoms with Crippen LogP contribution in [0, 0.1) is 0 Å². The van der Waals surface area contributed by atoms with Crippen LogP contribution in [-0.4, -0.2) is 34.7 Å². The second-order valence-corrected chi connectivity index (χ2v) is 0.500. The van der Waals surface area contributed by atoms with Crippen LogP contribution in [0.3, 0.4) is 0 Å². The fraction of sp³-hybridized carbons (Fsp3) is 1.00. The Labute approximate surface area is 41.1 Å². The highest BCUT2D eigenvalue weighted by atomic mass is 16.2. The van der Waals surface area contributed by atoms with Gasteiger partial charge in [0, 0.05) is 15.5 Å². The Morgan fingerprint density at radius 1 is 1.17 bits per heavy atom. The Morgan fingerprint density at radius 2 is 1.17 bits per heavy atom. The molecule has 0 atom stereocenters. The van der Waals surface area contributed by atoms with Crippen LogP contribution in [0.1, 0.15) is 0 Å². The summed E-state index contributed by atoms with van der Waals surface area (Å²) >= 11 is 0. The van der Waals surface area contributed by atoms with Crippen molar-refractivity contribution in [2.24, 2.45) is 0 Å². The lowest BCUT2D eigenvalue weighted by Gasteiger charge is -1.59. The zero-order valence-electron chi connectivity index (χ0n) is 4.52. The van der Waals surface area contributed by atoms with Crippen molar-refractivity contribution in [1.29, 1.82) is 0 Å². The molecular formula is C3H11BNO. The number of aliphatic hydroxyl groups is 1. The van der Waals surface area contributed by atoms with E-state index in [1.165, 1.54) is 0 Å². The molecule has 2 N–H and O–H groups in total. The van der Waals surface area contributed by atoms with Crippen LogP contribution in [0.2, 0.25) is 0 Å². The highest BCUT2D eigenvalue weighted by molar-refractivity contribution is 5.75. The van der Waals surface area contributed by atoms with E-state index in [2.05, 4.69) is 5.32 Å². The maximum atomic E-state index is 7.00. The summed E-state index contributed by atoms with van der Waals surface area (Å²) in [6.45, 7) is 0. The molecule has 0 aliphatic carbocycles. The van der Waals surface area contributed by atoms with E-state index in [0.717, 1.165) is 7.11 Å². The minimum Gasteiger partial charge on any atom is -0.400 e. The third kappa shape index (κ3) is 156000. The van der Waals surface area contributed by atoms with Crippen molar-refractivity contribution in [3.63, 3.8) is 0 Å². The molecule has 0 saturated heterocycles. The summed E-state index contributed by atoms with van der Waals surface area (Å²) in [5, 5.41) is 9.75. The summed E-state index contributed by atoms with van der Waals surface area (Å²) in [5.41, 5.74) is 0. The molecule has 3 heteroatoms. The highest BCUT2D eigenvalue weighted by Crippen LogP contribution is 0.981. The van der Waals surface area contributed by atoms with Crippen molar-refractivity contribution in [2.75, 3.05) is 21.2 Å². The van der Waals surface area contributed by atoms with Gasteiger partial charge in [0.05, 0.1) is 0 Å². The van der Waals surface area contributed by atoms with Crippen LogP contribution in [0.4, 0.5) is 0 Å². The molecule has 0 aliphatic rings. The lowest BCUT2D eigenvalue weighted by atomic mass is 10.8. The number of rotatable bonds is 0. The molecule has 0 aromatic carbocycles. The molecular weight excluding hydrogens is 76.9 g/mol. The van der Waals surface area contributed by atoms with Crippen molar-refractivity contribution >= 4 is 8.41 Å². The predicted octanol–water partition coefficient (Wildman–Crippen LogP) is -0.937. The Hall–Kier alpha value is -0.0151. The van der Waals surface area contributed by atoms with E-state index in [9.17, 15) is 0 Å². The minimum atomic E-state index is 0. The molecule has 6 heavy (non-hydrogen) atoms. The quantitative estimate of drug-likeness (QED) is 0.374. The lowest BCUT2D eigenvalue weighted by Crippen LogP contribution is -1.89. The molecule has 0 aromatic rings. The number of aliphatic hydroxyl groups excluding tert-OH is 1. The van der Waals surface area contributed by atoms with E-state index in [4.69, 9.17) is 5.11 Å². The lowest BCUT2D eigenvalue weighted by molar-refractivity contribution is 0.399. The molecule has 0 fully saturated rings. The molecule has 0 amide bonds. The molecule has 37 valence electrons. The second-order valence-electron chi connectivity index (χ2n) is 0.500. The third-order valence-corrected chi connectivity index (χ3v) is 0. The van der Waals surface area contributed by atoms with Gasteiger partial charge >= 0.3 is 0 Å². The average molecular weight is 87.9 g/mol. The van der Waals surface area contributed by atoms with Gasteiger partial charge in [0.25, 0.3) is 0 Å². The summed E-state index contributed by atoms with van der Waals surface area (Å²) in [6.07, 6.45) is 0. The smallest absolute Gasteiger partial charge is 0.0319 e. The van der Waals surface area contributed by atoms with Crippen LogP contribution < -0.4 is 5.32 Å². The Balaban J connectivity index is -0.0000000275. The van der Waals surface area contributed by atoms with Gasteiger partial charge in [-0.3, -0.25) is 0 Å². The number of hydrogen-bond acceptors (Lipinski definition) is 2. The third-order valence-electron chi connectivity index (χ3n) is 0. The van der Waals surface area contributed by atoms with Crippen molar-refractivity contribution < 1.29 is 5.11 Å². The molecule has 0 saturated carbocycles. The maximum Gasteiger partial charge on any atom is 0.0319 e. The summed E-state index contributed by atoms with van der Waals surface area (Å²) < 4.78 is 0. The minimum absolute atomic E-state index is 0. The van der Waals surface area contributed by atoms with E-state index < -0.39 is 0 Å². The standard InChI is InChI=1S/C2H7N.CH4O.B/c1-3-2;1-2;/h3H,1-2H3;2H,1H3;. The SMILES string of the molecule is CNC.CO.[B]. The van der Waals surface area contributed by atoms with Crippen LogP contribution >= 0.6 is 0 Å². The highest BCUT2D eigenvalue weighted by Gasteiger charge is 1.25. The first-order chi connectivity index (χ1) is 2.41. The van der Waals surface area contributed by atoms with Crippen molar-refractivity contribution in [3.8, 4) is 0 Å². The monoisotopic (exact) mass is 88.1 g/mol. The van der Waals surface area contributed by atoms with Crippen molar-refractivity contribution in [2.45, 2.75) is 0 Å². The van der Waals surface area contributed by atoms with Gasteiger partial charge in [0.2, 0.25) is 0 Å². The molecule has 0 spiro atoms. The first-order valence-corrected chi connectivity index (χ1v) is 1.45. The van der Waals surface area contributed by atoms with E-state index in [1.807, 2.05) is 14.1 Å². The van der Waals surface area contributed by atoms with Crippen LogP contribution in [0.15, 0.2) is 0 Å². The number of nitrogens with one attached hydrogen (secondary N) is 1. The van der Waals surface area contributed by atoms with Gasteiger partial charge in [0.1, 0.15) is 0 Å². The van der Waals surface area contributed by atoms with Gasteiger partial charge in [-0.25, -0.2) is 0 Å². The van der Waals surface area contributed by atoms with Crippen LogP contribution in [0.25, 0.3) is 0 Å². The topological polar surface area (TPSA) is 32.3 Å². The van der Waals surface area contributed by atoms with Gasteiger partial charge < -0.3 is 10.4 Å². The Bertz CT molecular complexity index is 10.8. The molecule has 0 bridgehead atoms. The van der Waals surface area contributed by atoms with E-state index in [1.54, 1.807) is 0 Å². The van der Waals surface area contributed by atoms with Gasteiger partial charge in [-0.15, -0.1) is 0 Å². The molecule has 3 radical (unpaired) electrons. The fourth-order valence-corrected chi connectivity index (χ4v) is 0. The first-order valence-electron chi connectivity index (χ1n) is 1.45. The van der Waals surface area contributed by atoms with E-state index in [-0.39, 0.29) is 8.41 Å². The summed E-state index contributed by atoms with van der Waals surface area (Å²) in [5.74, 6) is 0. The molecule has 0 heterocycles. The maximum absolute atomic E-state index is 7.00. The predicted molar refractivity (Wildman–Crippen MR) is 28.9 cm³/mol.